The van der Waals surface area contributed by atoms with Crippen LogP contribution in [0.2, 0.25) is 0 Å². The number of benzene rings is 2. The largest absolute Gasteiger partial charge is 0.492 e. The van der Waals surface area contributed by atoms with Crippen molar-refractivity contribution in [1.29, 1.82) is 0 Å². The second-order valence-corrected chi connectivity index (χ2v) is 7.44. The van der Waals surface area contributed by atoms with Crippen molar-refractivity contribution in [3.63, 3.8) is 0 Å². The van der Waals surface area contributed by atoms with E-state index in [-0.39, 0.29) is 18.5 Å². The van der Waals surface area contributed by atoms with Crippen molar-refractivity contribution in [3.05, 3.63) is 48.5 Å². The average Bonchev–Trinajstić information content (AvgIpc) is 3.27. The third kappa shape index (κ3) is 3.60. The van der Waals surface area contributed by atoms with E-state index in [0.717, 1.165) is 22.5 Å². The van der Waals surface area contributed by atoms with Crippen LogP contribution in [0.4, 0.5) is 5.69 Å². The van der Waals surface area contributed by atoms with Gasteiger partial charge in [0, 0.05) is 11.8 Å². The zero-order valence-electron chi connectivity index (χ0n) is 15.8. The summed E-state index contributed by atoms with van der Waals surface area (Å²) in [5.41, 5.74) is 2.35. The zero-order valence-corrected chi connectivity index (χ0v) is 16.6. The number of carbonyl (C=O) groups is 1. The highest BCUT2D eigenvalue weighted by Crippen LogP contribution is 2.32. The van der Waals surface area contributed by atoms with Crippen LogP contribution in [0.25, 0.3) is 11.0 Å². The monoisotopic (exact) mass is 395 g/mol. The molecule has 2 aromatic carbocycles. The molecule has 1 unspecified atom stereocenters. The minimum atomic E-state index is -0.0548. The highest BCUT2D eigenvalue weighted by molar-refractivity contribution is 8.14. The van der Waals surface area contributed by atoms with Crippen molar-refractivity contribution in [3.8, 4) is 5.75 Å². The average molecular weight is 395 g/mol. The van der Waals surface area contributed by atoms with E-state index in [1.807, 2.05) is 62.4 Å². The van der Waals surface area contributed by atoms with E-state index in [4.69, 9.17) is 9.73 Å². The lowest BCUT2D eigenvalue weighted by Gasteiger charge is -2.21. The molecular weight excluding hydrogens is 374 g/mol. The molecule has 0 bridgehead atoms. The van der Waals surface area contributed by atoms with E-state index in [9.17, 15) is 4.79 Å². The molecule has 0 N–H and O–H groups in total. The molecule has 28 heavy (non-hydrogen) atoms. The number of thioether (sulfide) groups is 1. The van der Waals surface area contributed by atoms with E-state index in [0.29, 0.717) is 17.5 Å². The normalized spacial score (nSPS) is 18.1. The Kier molecular flexibility index (Phi) is 5.29. The quantitative estimate of drug-likeness (QED) is 0.661. The van der Waals surface area contributed by atoms with Crippen LogP contribution in [0.5, 0.6) is 5.75 Å². The standard InChI is InChI=1S/C20H21N5O2S/c1-3-27-18-11-7-5-9-16(18)21-20-25(14(2)13-28-20)19(26)12-24-17-10-6-4-8-15(17)22-23-24/h4-11,14H,3,12-13H2,1-2H3. The molecule has 1 amide bonds. The number of ether oxygens (including phenoxy) is 1. The van der Waals surface area contributed by atoms with Gasteiger partial charge in [-0.05, 0) is 38.1 Å². The first-order valence-electron chi connectivity index (χ1n) is 9.21. The molecule has 1 atom stereocenters. The number of hydrogen-bond donors (Lipinski definition) is 0. The molecule has 0 aliphatic carbocycles. The third-order valence-corrected chi connectivity index (χ3v) is 5.65. The van der Waals surface area contributed by atoms with Crippen molar-refractivity contribution in [2.45, 2.75) is 26.4 Å². The topological polar surface area (TPSA) is 72.6 Å². The summed E-state index contributed by atoms with van der Waals surface area (Å²) in [6, 6.07) is 15.3. The lowest BCUT2D eigenvalue weighted by atomic mass is 10.3. The first kappa shape index (κ1) is 18.5. The predicted octanol–water partition coefficient (Wildman–Crippen LogP) is 3.48. The SMILES string of the molecule is CCOc1ccccc1N=C1SCC(C)N1C(=O)Cn1nnc2ccccc21. The van der Waals surface area contributed by atoms with Gasteiger partial charge in [-0.25, -0.2) is 9.67 Å². The van der Waals surface area contributed by atoms with Crippen LogP contribution in [0.15, 0.2) is 53.5 Å². The van der Waals surface area contributed by atoms with Gasteiger partial charge >= 0.3 is 0 Å². The number of nitrogens with zero attached hydrogens (tertiary/aromatic N) is 5. The number of rotatable bonds is 5. The molecule has 0 spiro atoms. The van der Waals surface area contributed by atoms with Gasteiger partial charge in [0.05, 0.1) is 12.1 Å². The summed E-state index contributed by atoms with van der Waals surface area (Å²) in [7, 11) is 0. The molecule has 0 saturated carbocycles. The van der Waals surface area contributed by atoms with E-state index < -0.39 is 0 Å². The van der Waals surface area contributed by atoms with Gasteiger partial charge in [-0.1, -0.05) is 41.2 Å². The Labute approximate surface area is 167 Å². The molecule has 2 heterocycles. The maximum Gasteiger partial charge on any atom is 0.250 e. The number of carbonyl (C=O) groups excluding carboxylic acids is 1. The van der Waals surface area contributed by atoms with E-state index in [1.165, 1.54) is 0 Å². The van der Waals surface area contributed by atoms with Crippen LogP contribution in [0.3, 0.4) is 0 Å². The summed E-state index contributed by atoms with van der Waals surface area (Å²) in [5, 5.41) is 8.95. The van der Waals surface area contributed by atoms with Crippen molar-refractivity contribution in [1.82, 2.24) is 19.9 Å². The number of amides is 1. The molecule has 1 aliphatic rings. The molecule has 8 heteroatoms. The smallest absolute Gasteiger partial charge is 0.250 e. The minimum absolute atomic E-state index is 0.0548. The maximum atomic E-state index is 13.1. The van der Waals surface area contributed by atoms with Gasteiger partial charge in [0.1, 0.15) is 23.5 Å². The molecular formula is C20H21N5O2S. The summed E-state index contributed by atoms with van der Waals surface area (Å²) in [4.78, 5) is 19.6. The lowest BCUT2D eigenvalue weighted by Crippen LogP contribution is -2.39. The van der Waals surface area contributed by atoms with Gasteiger partial charge in [-0.2, -0.15) is 0 Å². The molecule has 1 saturated heterocycles. The fourth-order valence-electron chi connectivity index (χ4n) is 3.13. The zero-order chi connectivity index (χ0) is 19.5. The highest BCUT2D eigenvalue weighted by Gasteiger charge is 2.32. The summed E-state index contributed by atoms with van der Waals surface area (Å²) in [6.07, 6.45) is 0. The summed E-state index contributed by atoms with van der Waals surface area (Å²) < 4.78 is 7.30. The van der Waals surface area contributed by atoms with E-state index >= 15 is 0 Å². The van der Waals surface area contributed by atoms with Gasteiger partial charge in [-0.3, -0.25) is 9.69 Å². The molecule has 0 radical (unpaired) electrons. The second kappa shape index (κ2) is 8.02. The fourth-order valence-corrected chi connectivity index (χ4v) is 4.26. The van der Waals surface area contributed by atoms with Crippen molar-refractivity contribution < 1.29 is 9.53 Å². The first-order valence-corrected chi connectivity index (χ1v) is 10.2. The minimum Gasteiger partial charge on any atom is -0.492 e. The van der Waals surface area contributed by atoms with Crippen LogP contribution in [0, 0.1) is 0 Å². The number of fused-ring (bicyclic) bond motifs is 1. The lowest BCUT2D eigenvalue weighted by molar-refractivity contribution is -0.128. The Morgan fingerprint density at radius 3 is 2.89 bits per heavy atom. The Hall–Kier alpha value is -2.87. The maximum absolute atomic E-state index is 13.1. The van der Waals surface area contributed by atoms with E-state index in [2.05, 4.69) is 10.3 Å². The van der Waals surface area contributed by atoms with E-state index in [1.54, 1.807) is 21.3 Å². The van der Waals surface area contributed by atoms with Crippen LogP contribution in [-0.4, -0.2) is 49.4 Å². The number of hydrogen-bond acceptors (Lipinski definition) is 6. The molecule has 3 aromatic rings. The molecule has 144 valence electrons. The fraction of sp³-hybridized carbons (Fsp3) is 0.300. The Morgan fingerprint density at radius 1 is 1.25 bits per heavy atom. The third-order valence-electron chi connectivity index (χ3n) is 4.46. The summed E-state index contributed by atoms with van der Waals surface area (Å²) in [5.74, 6) is 1.47. The Bertz CT molecular complexity index is 1030. The van der Waals surface area contributed by atoms with Gasteiger partial charge in [0.15, 0.2) is 5.17 Å². The number of aliphatic imine (C=N–C) groups is 1. The van der Waals surface area contributed by atoms with Crippen molar-refractivity contribution >= 4 is 39.6 Å². The van der Waals surface area contributed by atoms with Gasteiger partial charge in [0.2, 0.25) is 0 Å². The van der Waals surface area contributed by atoms with Gasteiger partial charge in [0.25, 0.3) is 5.91 Å². The summed E-state index contributed by atoms with van der Waals surface area (Å²) >= 11 is 1.58. The molecule has 1 aromatic heterocycles. The first-order chi connectivity index (χ1) is 13.7. The Balaban J connectivity index is 1.61. The predicted molar refractivity (Wildman–Crippen MR) is 111 cm³/mol. The Morgan fingerprint density at radius 2 is 2.04 bits per heavy atom. The van der Waals surface area contributed by atoms with Gasteiger partial charge < -0.3 is 4.74 Å². The van der Waals surface area contributed by atoms with Crippen LogP contribution in [-0.2, 0) is 11.3 Å². The van der Waals surface area contributed by atoms with Crippen molar-refractivity contribution in [2.75, 3.05) is 12.4 Å². The molecule has 7 nitrogen and oxygen atoms in total. The number of aromatic nitrogens is 3. The van der Waals surface area contributed by atoms with Crippen LogP contribution < -0.4 is 4.74 Å². The molecule has 4 rings (SSSR count). The highest BCUT2D eigenvalue weighted by atomic mass is 32.2. The number of para-hydroxylation sites is 3. The number of amidine groups is 1. The summed E-state index contributed by atoms with van der Waals surface area (Å²) in [6.45, 7) is 4.65. The molecule has 1 fully saturated rings. The van der Waals surface area contributed by atoms with Crippen molar-refractivity contribution in [2.24, 2.45) is 4.99 Å². The second-order valence-electron chi connectivity index (χ2n) is 6.45. The molecule has 1 aliphatic heterocycles. The van der Waals surface area contributed by atoms with Crippen LogP contribution >= 0.6 is 11.8 Å². The van der Waals surface area contributed by atoms with Gasteiger partial charge in [-0.15, -0.1) is 5.10 Å². The van der Waals surface area contributed by atoms with Crippen LogP contribution in [0.1, 0.15) is 13.8 Å².